The van der Waals surface area contributed by atoms with Gasteiger partial charge in [-0.25, -0.2) is 19.7 Å². The van der Waals surface area contributed by atoms with Gasteiger partial charge in [0.05, 0.1) is 16.9 Å². The quantitative estimate of drug-likeness (QED) is 0.312. The van der Waals surface area contributed by atoms with E-state index in [4.69, 9.17) is 28.9 Å². The number of carboxylic acid groups (broad SMARTS) is 1. The number of aliphatic imine (C=N–C) groups is 1. The third-order valence-electron chi connectivity index (χ3n) is 5.58. The lowest BCUT2D eigenvalue weighted by Crippen LogP contribution is -2.21. The Balaban J connectivity index is 1.84. The molecule has 0 saturated heterocycles. The lowest BCUT2D eigenvalue weighted by molar-refractivity contribution is 0.205. The zero-order valence-corrected chi connectivity index (χ0v) is 17.7. The Kier molecular flexibility index (Phi) is 5.92. The zero-order chi connectivity index (χ0) is 22.8. The minimum Gasteiger partial charge on any atom is -0.463 e. The Morgan fingerprint density at radius 1 is 1.38 bits per heavy atom. The van der Waals surface area contributed by atoms with Crippen LogP contribution in [0.1, 0.15) is 31.5 Å². The summed E-state index contributed by atoms with van der Waals surface area (Å²) in [5, 5.41) is 9.23. The number of terminal acetylenes is 1. The molecule has 164 valence electrons. The van der Waals surface area contributed by atoms with E-state index < -0.39 is 17.5 Å². The van der Waals surface area contributed by atoms with Gasteiger partial charge in [0.15, 0.2) is 17.3 Å². The molecule has 10 nitrogen and oxygen atoms in total. The van der Waals surface area contributed by atoms with Crippen LogP contribution in [0, 0.1) is 24.2 Å². The number of fused-ring (bicyclic) bond motifs is 1. The van der Waals surface area contributed by atoms with Crippen LogP contribution in [0.25, 0.3) is 22.4 Å². The molecule has 0 aromatic carbocycles. The van der Waals surface area contributed by atoms with Crippen molar-refractivity contribution in [3.05, 3.63) is 39.8 Å². The molecule has 4 rings (SSSR count). The van der Waals surface area contributed by atoms with Gasteiger partial charge in [-0.05, 0) is 37.7 Å². The Morgan fingerprint density at radius 3 is 2.81 bits per heavy atom. The first-order chi connectivity index (χ1) is 15.4. The van der Waals surface area contributed by atoms with Gasteiger partial charge in [0.1, 0.15) is 11.2 Å². The van der Waals surface area contributed by atoms with Crippen LogP contribution in [0.3, 0.4) is 0 Å². The van der Waals surface area contributed by atoms with Crippen LogP contribution in [0.5, 0.6) is 0 Å². The molecular formula is C21H20ClN7O3. The van der Waals surface area contributed by atoms with E-state index in [1.165, 1.54) is 12.3 Å². The number of nitrogens with two attached hydrogens (primary N) is 1. The third kappa shape index (κ3) is 4.33. The fourth-order valence-electron chi connectivity index (χ4n) is 4.00. The number of H-pyrrole nitrogens is 1. The molecule has 0 aliphatic heterocycles. The predicted molar refractivity (Wildman–Crippen MR) is 119 cm³/mol. The molecule has 1 saturated carbocycles. The monoisotopic (exact) mass is 453 g/mol. The molecule has 1 aliphatic carbocycles. The molecule has 1 amide bonds. The molecule has 0 bridgehead atoms. The first-order valence-corrected chi connectivity index (χ1v) is 10.4. The first kappa shape index (κ1) is 21.5. The van der Waals surface area contributed by atoms with E-state index >= 15 is 0 Å². The summed E-state index contributed by atoms with van der Waals surface area (Å²) in [6.45, 7) is 0.653. The van der Waals surface area contributed by atoms with E-state index in [0.29, 0.717) is 28.9 Å². The van der Waals surface area contributed by atoms with Crippen LogP contribution < -0.4 is 11.3 Å². The second kappa shape index (κ2) is 8.80. The number of aromatic amines is 1. The van der Waals surface area contributed by atoms with Crippen molar-refractivity contribution in [2.45, 2.75) is 32.2 Å². The van der Waals surface area contributed by atoms with E-state index in [0.717, 1.165) is 25.7 Å². The number of amides is 1. The van der Waals surface area contributed by atoms with Crippen LogP contribution in [-0.4, -0.2) is 41.5 Å². The minimum absolute atomic E-state index is 0.144. The van der Waals surface area contributed by atoms with Gasteiger partial charge in [-0.1, -0.05) is 11.6 Å². The standard InChI is InChI=1S/C21H20ClN7O3/c1-2-11-3-5-12(6-4-11)9-29-10-25-18-16(29)15(14-7-13(22)8-24-20(14)30)26-19(28-18)17(23)27-21(31)32/h1,7-8,10-12H,3-6,9H2,(H2,23,27)(H,24,30)(H,31,32). The molecule has 0 atom stereocenters. The molecule has 32 heavy (non-hydrogen) atoms. The molecule has 3 heterocycles. The number of nitrogens with one attached hydrogen (secondary N) is 1. The Labute approximate surface area is 187 Å². The number of rotatable bonds is 4. The smallest absolute Gasteiger partial charge is 0.433 e. The van der Waals surface area contributed by atoms with Gasteiger partial charge in [-0.3, -0.25) is 4.79 Å². The highest BCUT2D eigenvalue weighted by atomic mass is 35.5. The third-order valence-corrected chi connectivity index (χ3v) is 5.80. The fourth-order valence-corrected chi connectivity index (χ4v) is 4.16. The number of hydrogen-bond donors (Lipinski definition) is 3. The average Bonchev–Trinajstić information content (AvgIpc) is 3.17. The van der Waals surface area contributed by atoms with E-state index in [-0.39, 0.29) is 22.7 Å². The van der Waals surface area contributed by atoms with Gasteiger partial charge < -0.3 is 20.4 Å². The van der Waals surface area contributed by atoms with Crippen molar-refractivity contribution in [3.8, 4) is 23.6 Å². The van der Waals surface area contributed by atoms with E-state index in [9.17, 15) is 9.59 Å². The number of carbonyl (C=O) groups is 1. The molecule has 11 heteroatoms. The normalized spacial score (nSPS) is 19.1. The molecule has 3 aromatic rings. The molecule has 1 fully saturated rings. The number of hydrogen-bond acceptors (Lipinski definition) is 5. The maximum atomic E-state index is 12.6. The highest BCUT2D eigenvalue weighted by Gasteiger charge is 2.24. The predicted octanol–water partition coefficient (Wildman–Crippen LogP) is 2.66. The SMILES string of the molecule is C#CC1CCC(Cn2cnc3nc(C(N)=NC(=O)O)nc(-c4cc(Cl)c[nH]c4=O)c32)CC1. The number of imidazole rings is 1. The van der Waals surface area contributed by atoms with Crippen LogP contribution in [0.4, 0.5) is 4.79 Å². The maximum Gasteiger partial charge on any atom is 0.433 e. The molecule has 0 spiro atoms. The van der Waals surface area contributed by atoms with Gasteiger partial charge in [0, 0.05) is 18.7 Å². The van der Waals surface area contributed by atoms with Crippen LogP contribution in [0.15, 0.2) is 28.4 Å². The highest BCUT2D eigenvalue weighted by molar-refractivity contribution is 6.30. The maximum absolute atomic E-state index is 12.6. The highest BCUT2D eigenvalue weighted by Crippen LogP contribution is 2.31. The van der Waals surface area contributed by atoms with Crippen molar-refractivity contribution in [2.24, 2.45) is 22.6 Å². The van der Waals surface area contributed by atoms with Gasteiger partial charge in [-0.15, -0.1) is 12.3 Å². The molecule has 4 N–H and O–H groups in total. The minimum atomic E-state index is -1.48. The van der Waals surface area contributed by atoms with Crippen LogP contribution >= 0.6 is 11.6 Å². The Bertz CT molecular complexity index is 1310. The molecule has 1 aliphatic rings. The first-order valence-electron chi connectivity index (χ1n) is 10.0. The molecule has 3 aromatic heterocycles. The zero-order valence-electron chi connectivity index (χ0n) is 17.0. The molecule has 0 radical (unpaired) electrons. The number of nitrogens with zero attached hydrogens (tertiary/aromatic N) is 5. The topological polar surface area (TPSA) is 152 Å². The van der Waals surface area contributed by atoms with Crippen molar-refractivity contribution < 1.29 is 9.90 Å². The summed E-state index contributed by atoms with van der Waals surface area (Å²) >= 11 is 6.11. The van der Waals surface area contributed by atoms with Crippen molar-refractivity contribution in [2.75, 3.05) is 0 Å². The number of amidine groups is 1. The summed E-state index contributed by atoms with van der Waals surface area (Å²) in [5.41, 5.74) is 6.58. The van der Waals surface area contributed by atoms with Crippen LogP contribution in [-0.2, 0) is 6.54 Å². The van der Waals surface area contributed by atoms with Crippen molar-refractivity contribution in [1.29, 1.82) is 0 Å². The van der Waals surface area contributed by atoms with Crippen molar-refractivity contribution in [3.63, 3.8) is 0 Å². The molecule has 0 unspecified atom stereocenters. The van der Waals surface area contributed by atoms with E-state index in [1.807, 2.05) is 4.57 Å². The van der Waals surface area contributed by atoms with Crippen molar-refractivity contribution in [1.82, 2.24) is 24.5 Å². The average molecular weight is 454 g/mol. The van der Waals surface area contributed by atoms with Gasteiger partial charge in [0.2, 0.25) is 0 Å². The van der Waals surface area contributed by atoms with Gasteiger partial charge in [-0.2, -0.15) is 4.99 Å². The van der Waals surface area contributed by atoms with E-state index in [2.05, 4.69) is 30.8 Å². The number of pyridine rings is 1. The number of halogens is 1. The van der Waals surface area contributed by atoms with Crippen molar-refractivity contribution >= 4 is 34.7 Å². The summed E-state index contributed by atoms with van der Waals surface area (Å²) < 4.78 is 1.90. The lowest BCUT2D eigenvalue weighted by atomic mass is 9.82. The summed E-state index contributed by atoms with van der Waals surface area (Å²) in [5.74, 6) is 2.99. The fraction of sp³-hybridized carbons (Fsp3) is 0.333. The van der Waals surface area contributed by atoms with E-state index in [1.54, 1.807) is 6.33 Å². The van der Waals surface area contributed by atoms with Crippen LogP contribution in [0.2, 0.25) is 5.02 Å². The summed E-state index contributed by atoms with van der Waals surface area (Å²) in [6, 6.07) is 1.48. The van der Waals surface area contributed by atoms with Gasteiger partial charge in [0.25, 0.3) is 5.56 Å². The Hall–Kier alpha value is -3.71. The lowest BCUT2D eigenvalue weighted by Gasteiger charge is -2.26. The Morgan fingerprint density at radius 2 is 2.12 bits per heavy atom. The summed E-state index contributed by atoms with van der Waals surface area (Å²) in [7, 11) is 0. The summed E-state index contributed by atoms with van der Waals surface area (Å²) in [4.78, 5) is 42.4. The number of aromatic nitrogens is 5. The summed E-state index contributed by atoms with van der Waals surface area (Å²) in [6.07, 6.45) is 11.0. The largest absolute Gasteiger partial charge is 0.463 e. The van der Waals surface area contributed by atoms with Gasteiger partial charge >= 0.3 is 6.09 Å². The second-order valence-electron chi connectivity index (χ2n) is 7.69. The molecular weight excluding hydrogens is 434 g/mol. The second-order valence-corrected chi connectivity index (χ2v) is 8.13.